The molecule has 1 aliphatic heterocycles. The molecule has 2 aliphatic rings. The van der Waals surface area contributed by atoms with Crippen molar-refractivity contribution in [2.45, 2.75) is 29.9 Å². The predicted octanol–water partition coefficient (Wildman–Crippen LogP) is 2.30. The highest BCUT2D eigenvalue weighted by Crippen LogP contribution is 2.55. The molecule has 23 heavy (non-hydrogen) atoms. The molecule has 0 saturated carbocycles. The lowest BCUT2D eigenvalue weighted by atomic mass is 9.90. The summed E-state index contributed by atoms with van der Waals surface area (Å²) in [6.07, 6.45) is 0. The van der Waals surface area contributed by atoms with E-state index in [1.165, 1.54) is 0 Å². The van der Waals surface area contributed by atoms with E-state index in [9.17, 15) is 9.90 Å². The largest absolute Gasteiger partial charge is 0.785 e. The molecular weight excluding hydrogens is 354 g/mol. The monoisotopic (exact) mass is 369 g/mol. The molecular formula is C19H16BrNO2. The third-order valence-electron chi connectivity index (χ3n) is 4.75. The Hall–Kier alpha value is -1.78. The Morgan fingerprint density at radius 2 is 1.57 bits per heavy atom. The fourth-order valence-corrected chi connectivity index (χ4v) is 4.95. The lowest BCUT2D eigenvalue weighted by Gasteiger charge is -2.33. The number of hydrogen-bond acceptors (Lipinski definition) is 2. The van der Waals surface area contributed by atoms with Crippen LogP contribution in [0.5, 0.6) is 0 Å². The van der Waals surface area contributed by atoms with Gasteiger partial charge in [-0.15, -0.1) is 0 Å². The van der Waals surface area contributed by atoms with Crippen LogP contribution in [-0.2, 0) is 14.8 Å². The van der Waals surface area contributed by atoms with Crippen molar-refractivity contribution in [3.63, 3.8) is 0 Å². The smallest absolute Gasteiger partial charge is 0.224 e. The van der Waals surface area contributed by atoms with Gasteiger partial charge in [0.15, 0.2) is 10.0 Å². The Kier molecular flexibility index (Phi) is 2.97. The van der Waals surface area contributed by atoms with Crippen molar-refractivity contribution in [2.75, 3.05) is 0 Å². The zero-order valence-corrected chi connectivity index (χ0v) is 14.5. The Bertz CT molecular complexity index is 859. The second-order valence-electron chi connectivity index (χ2n) is 6.36. The third-order valence-corrected chi connectivity index (χ3v) is 5.92. The molecule has 4 rings (SSSR count). The Labute approximate surface area is 143 Å². The molecule has 1 aliphatic carbocycles. The number of rotatable bonds is 2. The predicted molar refractivity (Wildman–Crippen MR) is 89.7 cm³/mol. The van der Waals surface area contributed by atoms with E-state index >= 15 is 0 Å². The van der Waals surface area contributed by atoms with Crippen LogP contribution >= 0.6 is 15.9 Å². The average Bonchev–Trinajstić information content (AvgIpc) is 2.85. The van der Waals surface area contributed by atoms with Crippen molar-refractivity contribution in [3.8, 4) is 0 Å². The number of benzene rings is 2. The van der Waals surface area contributed by atoms with Crippen LogP contribution in [0.1, 0.15) is 30.5 Å². The number of alkyl halides is 1. The fraction of sp³-hybridized carbons (Fsp3) is 0.263. The topological polar surface area (TPSA) is 43.1 Å². The SMILES string of the molecule is CC(C)[N+]1=C(c2ccccc2)[C@]2(Br)C(=O)[C@@]1([O-])c1ccccc12. The first-order valence-electron chi connectivity index (χ1n) is 7.70. The first-order chi connectivity index (χ1) is 10.9. The number of carbonyl (C=O) groups excluding carboxylic acids is 1. The zero-order chi connectivity index (χ0) is 16.4. The first-order valence-corrected chi connectivity index (χ1v) is 8.49. The van der Waals surface area contributed by atoms with Gasteiger partial charge in [-0.3, -0.25) is 4.79 Å². The van der Waals surface area contributed by atoms with Gasteiger partial charge in [-0.05, 0) is 31.5 Å². The van der Waals surface area contributed by atoms with Crippen molar-refractivity contribution in [2.24, 2.45) is 0 Å². The molecule has 0 spiro atoms. The number of carbonyl (C=O) groups is 1. The minimum atomic E-state index is -1.86. The number of hydrogen-bond donors (Lipinski definition) is 0. The Morgan fingerprint density at radius 3 is 2.17 bits per heavy atom. The maximum Gasteiger partial charge on any atom is 0.224 e. The summed E-state index contributed by atoms with van der Waals surface area (Å²) >= 11 is 3.67. The van der Waals surface area contributed by atoms with Gasteiger partial charge < -0.3 is 5.11 Å². The van der Waals surface area contributed by atoms with Gasteiger partial charge in [-0.2, -0.15) is 0 Å². The fourth-order valence-electron chi connectivity index (χ4n) is 3.91. The van der Waals surface area contributed by atoms with Crippen LogP contribution in [0.3, 0.4) is 0 Å². The molecule has 2 bridgehead atoms. The van der Waals surface area contributed by atoms with Gasteiger partial charge in [0, 0.05) is 11.1 Å². The van der Waals surface area contributed by atoms with E-state index < -0.39 is 10.0 Å². The molecule has 0 saturated heterocycles. The van der Waals surface area contributed by atoms with Crippen molar-refractivity contribution in [3.05, 3.63) is 71.3 Å². The van der Waals surface area contributed by atoms with Gasteiger partial charge in [0.1, 0.15) is 6.04 Å². The molecule has 0 aromatic heterocycles. The van der Waals surface area contributed by atoms with Crippen LogP contribution in [0, 0.1) is 0 Å². The maximum absolute atomic E-state index is 13.8. The van der Waals surface area contributed by atoms with E-state index in [1.807, 2.05) is 62.4 Å². The number of Topliss-reactive ketones (excluding diaryl/α,β-unsaturated/α-hetero) is 1. The van der Waals surface area contributed by atoms with Gasteiger partial charge >= 0.3 is 0 Å². The first kappa shape index (κ1) is 14.8. The van der Waals surface area contributed by atoms with Crippen LogP contribution in [0.2, 0.25) is 0 Å². The van der Waals surface area contributed by atoms with Crippen LogP contribution < -0.4 is 5.11 Å². The summed E-state index contributed by atoms with van der Waals surface area (Å²) in [6, 6.07) is 17.0. The third kappa shape index (κ3) is 1.58. The van der Waals surface area contributed by atoms with Crippen molar-refractivity contribution in [1.82, 2.24) is 0 Å². The van der Waals surface area contributed by atoms with Crippen LogP contribution in [0.25, 0.3) is 0 Å². The highest BCUT2D eigenvalue weighted by Gasteiger charge is 2.71. The molecule has 0 radical (unpaired) electrons. The molecule has 4 heteroatoms. The van der Waals surface area contributed by atoms with Gasteiger partial charge in [-0.25, -0.2) is 4.58 Å². The van der Waals surface area contributed by atoms with Gasteiger partial charge in [0.25, 0.3) is 0 Å². The molecule has 2 atom stereocenters. The molecule has 1 heterocycles. The van der Waals surface area contributed by atoms with Gasteiger partial charge in [0.05, 0.1) is 0 Å². The van der Waals surface area contributed by atoms with Crippen molar-refractivity contribution < 1.29 is 14.5 Å². The van der Waals surface area contributed by atoms with Gasteiger partial charge in [-0.1, -0.05) is 58.4 Å². The molecule has 2 aromatic rings. The van der Waals surface area contributed by atoms with E-state index in [2.05, 4.69) is 15.9 Å². The van der Waals surface area contributed by atoms with E-state index in [-0.39, 0.29) is 11.8 Å². The lowest BCUT2D eigenvalue weighted by Crippen LogP contribution is -2.55. The van der Waals surface area contributed by atoms with E-state index in [1.54, 1.807) is 10.6 Å². The zero-order valence-electron chi connectivity index (χ0n) is 12.9. The summed E-state index contributed by atoms with van der Waals surface area (Å²) in [7, 11) is 0. The van der Waals surface area contributed by atoms with Crippen molar-refractivity contribution in [1.29, 1.82) is 0 Å². The second kappa shape index (κ2) is 4.62. The summed E-state index contributed by atoms with van der Waals surface area (Å²) in [5.41, 5.74) is 1.14. The molecule has 0 amide bonds. The maximum atomic E-state index is 13.8. The highest BCUT2D eigenvalue weighted by molar-refractivity contribution is 9.10. The lowest BCUT2D eigenvalue weighted by molar-refractivity contribution is -0.783. The normalized spacial score (nSPS) is 28.7. The number of halogens is 1. The van der Waals surface area contributed by atoms with Crippen LogP contribution in [0.15, 0.2) is 54.6 Å². The average molecular weight is 370 g/mol. The highest BCUT2D eigenvalue weighted by atomic mass is 79.9. The summed E-state index contributed by atoms with van der Waals surface area (Å²) < 4.78 is 0.679. The molecule has 0 fully saturated rings. The number of nitrogens with zero attached hydrogens (tertiary/aromatic N) is 1. The van der Waals surface area contributed by atoms with Gasteiger partial charge in [0.2, 0.25) is 11.5 Å². The molecule has 116 valence electrons. The molecule has 2 aromatic carbocycles. The van der Waals surface area contributed by atoms with E-state index in [4.69, 9.17) is 0 Å². The minimum Gasteiger partial charge on any atom is -0.785 e. The van der Waals surface area contributed by atoms with Crippen LogP contribution in [-0.4, -0.2) is 22.1 Å². The molecule has 3 nitrogen and oxygen atoms in total. The summed E-state index contributed by atoms with van der Waals surface area (Å²) in [6.45, 7) is 3.91. The molecule has 0 N–H and O–H groups in total. The Balaban J connectivity index is 2.13. The second-order valence-corrected chi connectivity index (χ2v) is 7.55. The number of fused-ring (bicyclic) bond motifs is 5. The minimum absolute atomic E-state index is 0.0839. The van der Waals surface area contributed by atoms with E-state index in [0.717, 1.165) is 16.8 Å². The standard InChI is InChI=1S/C19H16BrNO2/c1-12(2)21-16(13-8-4-3-5-9-13)18(20)14-10-6-7-11-15(14)19(21,23)17(18)22/h3-12H,1-2H3/t18-,19-/m0/s1. The van der Waals surface area contributed by atoms with E-state index in [0.29, 0.717) is 5.56 Å². The summed E-state index contributed by atoms with van der Waals surface area (Å²) in [5, 5.41) is 13.8. The molecule has 0 unspecified atom stereocenters. The quantitative estimate of drug-likeness (QED) is 0.602. The summed E-state index contributed by atoms with van der Waals surface area (Å²) in [5.74, 6) is -0.334. The van der Waals surface area contributed by atoms with Crippen molar-refractivity contribution >= 4 is 27.4 Å². The number of ketones is 1. The van der Waals surface area contributed by atoms with Crippen LogP contribution in [0.4, 0.5) is 0 Å². The Morgan fingerprint density at radius 1 is 1.00 bits per heavy atom. The summed E-state index contributed by atoms with van der Waals surface area (Å²) in [4.78, 5) is 13.1.